The highest BCUT2D eigenvalue weighted by Gasteiger charge is 2.05. The van der Waals surface area contributed by atoms with E-state index < -0.39 is 0 Å². The predicted octanol–water partition coefficient (Wildman–Crippen LogP) is 2.69. The molecule has 0 aromatic heterocycles. The van der Waals surface area contributed by atoms with Gasteiger partial charge >= 0.3 is 0 Å². The van der Waals surface area contributed by atoms with Crippen LogP contribution in [0.4, 0.5) is 5.69 Å². The number of benzene rings is 2. The molecule has 2 rings (SSSR count). The average Bonchev–Trinajstić information content (AvgIpc) is 2.60. The van der Waals surface area contributed by atoms with Gasteiger partial charge in [0.25, 0.3) is 0 Å². The molecule has 0 unspecified atom stereocenters. The van der Waals surface area contributed by atoms with Crippen molar-refractivity contribution in [1.82, 2.24) is 5.32 Å². The van der Waals surface area contributed by atoms with E-state index in [1.165, 1.54) is 0 Å². The Labute approximate surface area is 135 Å². The van der Waals surface area contributed by atoms with Crippen molar-refractivity contribution >= 4 is 11.6 Å². The number of amides is 1. The SMILES string of the molecule is COc1ccccc1CNC(=O)CCNc1ccc(C#N)cc1. The summed E-state index contributed by atoms with van der Waals surface area (Å²) in [7, 11) is 1.61. The first-order valence-corrected chi connectivity index (χ1v) is 7.35. The number of nitrogens with one attached hydrogen (secondary N) is 2. The molecule has 0 saturated carbocycles. The standard InChI is InChI=1S/C18H19N3O2/c1-23-17-5-3-2-4-15(17)13-21-18(22)10-11-20-16-8-6-14(12-19)7-9-16/h2-9,20H,10-11,13H2,1H3,(H,21,22). The highest BCUT2D eigenvalue weighted by atomic mass is 16.5. The second-order valence-corrected chi connectivity index (χ2v) is 4.95. The van der Waals surface area contributed by atoms with Crippen LogP contribution >= 0.6 is 0 Å². The van der Waals surface area contributed by atoms with Crippen molar-refractivity contribution in [3.63, 3.8) is 0 Å². The number of methoxy groups -OCH3 is 1. The molecule has 2 aromatic rings. The van der Waals surface area contributed by atoms with E-state index in [0.29, 0.717) is 25.1 Å². The lowest BCUT2D eigenvalue weighted by atomic mass is 10.2. The Morgan fingerprint density at radius 3 is 2.61 bits per heavy atom. The van der Waals surface area contributed by atoms with Gasteiger partial charge in [-0.1, -0.05) is 18.2 Å². The number of rotatable bonds is 7. The molecule has 1 amide bonds. The van der Waals surface area contributed by atoms with Gasteiger partial charge in [0, 0.05) is 30.8 Å². The Morgan fingerprint density at radius 2 is 1.91 bits per heavy atom. The van der Waals surface area contributed by atoms with E-state index >= 15 is 0 Å². The van der Waals surface area contributed by atoms with Crippen LogP contribution in [0.1, 0.15) is 17.5 Å². The summed E-state index contributed by atoms with van der Waals surface area (Å²) in [6, 6.07) is 16.8. The van der Waals surface area contributed by atoms with Gasteiger partial charge in [-0.25, -0.2) is 0 Å². The second kappa shape index (κ2) is 8.44. The summed E-state index contributed by atoms with van der Waals surface area (Å²) in [5, 5.41) is 14.8. The Bertz CT molecular complexity index is 690. The van der Waals surface area contributed by atoms with Crippen LogP contribution in [0.3, 0.4) is 0 Å². The second-order valence-electron chi connectivity index (χ2n) is 4.95. The summed E-state index contributed by atoms with van der Waals surface area (Å²) >= 11 is 0. The number of hydrogen-bond donors (Lipinski definition) is 2. The molecule has 118 valence electrons. The minimum absolute atomic E-state index is 0.0305. The van der Waals surface area contributed by atoms with Gasteiger partial charge in [0.2, 0.25) is 5.91 Å². The Hall–Kier alpha value is -3.00. The normalized spacial score (nSPS) is 9.74. The molecule has 0 spiro atoms. The number of para-hydroxylation sites is 1. The van der Waals surface area contributed by atoms with Crippen LogP contribution in [-0.4, -0.2) is 19.6 Å². The molecule has 0 aliphatic carbocycles. The van der Waals surface area contributed by atoms with Gasteiger partial charge in [-0.15, -0.1) is 0 Å². The zero-order chi connectivity index (χ0) is 16.5. The Balaban J connectivity index is 1.73. The number of nitriles is 1. The van der Waals surface area contributed by atoms with E-state index in [2.05, 4.69) is 16.7 Å². The van der Waals surface area contributed by atoms with E-state index in [1.54, 1.807) is 19.2 Å². The van der Waals surface area contributed by atoms with E-state index in [9.17, 15) is 4.79 Å². The van der Waals surface area contributed by atoms with Gasteiger partial charge in [0.15, 0.2) is 0 Å². The summed E-state index contributed by atoms with van der Waals surface area (Å²) in [5.74, 6) is 0.737. The van der Waals surface area contributed by atoms with Crippen LogP contribution in [0.5, 0.6) is 5.75 Å². The minimum Gasteiger partial charge on any atom is -0.496 e. The van der Waals surface area contributed by atoms with E-state index in [4.69, 9.17) is 10.00 Å². The lowest BCUT2D eigenvalue weighted by molar-refractivity contribution is -0.121. The number of nitrogens with zero attached hydrogens (tertiary/aromatic N) is 1. The van der Waals surface area contributed by atoms with Crippen molar-refractivity contribution in [3.05, 3.63) is 59.7 Å². The van der Waals surface area contributed by atoms with Crippen LogP contribution in [0.15, 0.2) is 48.5 Å². The van der Waals surface area contributed by atoms with Crippen molar-refractivity contribution in [2.24, 2.45) is 0 Å². The maximum absolute atomic E-state index is 11.9. The van der Waals surface area contributed by atoms with Gasteiger partial charge in [-0.05, 0) is 30.3 Å². The van der Waals surface area contributed by atoms with Gasteiger partial charge in [-0.2, -0.15) is 5.26 Å². The molecular weight excluding hydrogens is 290 g/mol. The van der Waals surface area contributed by atoms with Crippen LogP contribution < -0.4 is 15.4 Å². The van der Waals surface area contributed by atoms with Gasteiger partial charge in [0.1, 0.15) is 5.75 Å². The summed E-state index contributed by atoms with van der Waals surface area (Å²) in [4.78, 5) is 11.9. The van der Waals surface area contributed by atoms with Gasteiger partial charge < -0.3 is 15.4 Å². The molecule has 0 bridgehead atoms. The van der Waals surface area contributed by atoms with E-state index in [-0.39, 0.29) is 5.91 Å². The Kier molecular flexibility index (Phi) is 6.01. The number of hydrogen-bond acceptors (Lipinski definition) is 4. The summed E-state index contributed by atoms with van der Waals surface area (Å²) in [6.07, 6.45) is 0.370. The number of carbonyl (C=O) groups is 1. The largest absolute Gasteiger partial charge is 0.496 e. The third-order valence-corrected chi connectivity index (χ3v) is 3.36. The topological polar surface area (TPSA) is 74.2 Å². The fraction of sp³-hybridized carbons (Fsp3) is 0.222. The highest BCUT2D eigenvalue weighted by molar-refractivity contribution is 5.76. The van der Waals surface area contributed by atoms with Crippen molar-refractivity contribution in [2.45, 2.75) is 13.0 Å². The first-order valence-electron chi connectivity index (χ1n) is 7.35. The molecule has 23 heavy (non-hydrogen) atoms. The van der Waals surface area contributed by atoms with Crippen molar-refractivity contribution < 1.29 is 9.53 Å². The monoisotopic (exact) mass is 309 g/mol. The van der Waals surface area contributed by atoms with Crippen molar-refractivity contribution in [2.75, 3.05) is 19.0 Å². The molecular formula is C18H19N3O2. The highest BCUT2D eigenvalue weighted by Crippen LogP contribution is 2.16. The van der Waals surface area contributed by atoms with E-state index in [0.717, 1.165) is 17.0 Å². The Morgan fingerprint density at radius 1 is 1.17 bits per heavy atom. The molecule has 0 heterocycles. The molecule has 0 fully saturated rings. The fourth-order valence-electron chi connectivity index (χ4n) is 2.11. The molecule has 2 aromatic carbocycles. The van der Waals surface area contributed by atoms with Crippen LogP contribution in [0.25, 0.3) is 0 Å². The van der Waals surface area contributed by atoms with Crippen molar-refractivity contribution in [3.8, 4) is 11.8 Å². The third-order valence-electron chi connectivity index (χ3n) is 3.36. The molecule has 2 N–H and O–H groups in total. The third kappa shape index (κ3) is 5.04. The first kappa shape index (κ1) is 16.4. The summed E-state index contributed by atoms with van der Waals surface area (Å²) in [6.45, 7) is 0.976. The van der Waals surface area contributed by atoms with Gasteiger partial charge in [0.05, 0.1) is 18.7 Å². The molecule has 0 atom stereocenters. The lowest BCUT2D eigenvalue weighted by Gasteiger charge is -2.10. The van der Waals surface area contributed by atoms with Gasteiger partial charge in [-0.3, -0.25) is 4.79 Å². The van der Waals surface area contributed by atoms with Crippen LogP contribution in [0.2, 0.25) is 0 Å². The van der Waals surface area contributed by atoms with Crippen LogP contribution in [-0.2, 0) is 11.3 Å². The number of carbonyl (C=O) groups excluding carboxylic acids is 1. The minimum atomic E-state index is -0.0305. The summed E-state index contributed by atoms with van der Waals surface area (Å²) < 4.78 is 5.25. The number of ether oxygens (including phenoxy) is 1. The molecule has 0 radical (unpaired) electrons. The summed E-state index contributed by atoms with van der Waals surface area (Å²) in [5.41, 5.74) is 2.45. The molecule has 5 nitrogen and oxygen atoms in total. The average molecular weight is 309 g/mol. The number of anilines is 1. The lowest BCUT2D eigenvalue weighted by Crippen LogP contribution is -2.25. The molecule has 0 aliphatic heterocycles. The molecule has 5 heteroatoms. The molecule has 0 saturated heterocycles. The maximum Gasteiger partial charge on any atom is 0.222 e. The maximum atomic E-state index is 11.9. The zero-order valence-electron chi connectivity index (χ0n) is 13.0. The van der Waals surface area contributed by atoms with E-state index in [1.807, 2.05) is 36.4 Å². The quantitative estimate of drug-likeness (QED) is 0.824. The predicted molar refractivity (Wildman–Crippen MR) is 89.1 cm³/mol. The first-order chi connectivity index (χ1) is 11.2. The smallest absolute Gasteiger partial charge is 0.222 e. The van der Waals surface area contributed by atoms with Crippen molar-refractivity contribution in [1.29, 1.82) is 5.26 Å². The zero-order valence-corrected chi connectivity index (χ0v) is 13.0. The molecule has 0 aliphatic rings. The fourth-order valence-corrected chi connectivity index (χ4v) is 2.11. The van der Waals surface area contributed by atoms with Crippen LogP contribution in [0, 0.1) is 11.3 Å².